The van der Waals surface area contributed by atoms with Crippen molar-refractivity contribution in [1.82, 2.24) is 4.98 Å². The van der Waals surface area contributed by atoms with Crippen LogP contribution < -0.4 is 9.64 Å². The second-order valence-electron chi connectivity index (χ2n) is 9.70. The molecular weight excluding hydrogens is 484 g/mol. The molecule has 4 aromatic rings. The van der Waals surface area contributed by atoms with E-state index in [1.54, 1.807) is 37.4 Å². The van der Waals surface area contributed by atoms with Crippen molar-refractivity contribution in [1.29, 1.82) is 0 Å². The van der Waals surface area contributed by atoms with Gasteiger partial charge in [0.25, 0.3) is 0 Å². The number of aryl methyl sites for hydroxylation is 1. The molecule has 1 aliphatic carbocycles. The molecule has 1 saturated carbocycles. The van der Waals surface area contributed by atoms with Crippen molar-refractivity contribution < 1.29 is 14.3 Å². The van der Waals surface area contributed by atoms with Crippen molar-refractivity contribution >= 4 is 39.9 Å². The summed E-state index contributed by atoms with van der Waals surface area (Å²) in [7, 11) is 1.56. The van der Waals surface area contributed by atoms with Crippen LogP contribution in [0, 0.1) is 6.92 Å². The lowest BCUT2D eigenvalue weighted by Gasteiger charge is -2.34. The third-order valence-corrected chi connectivity index (χ3v) is 7.62. The minimum absolute atomic E-state index is 0.0369. The maximum absolute atomic E-state index is 14.0. The van der Waals surface area contributed by atoms with Crippen molar-refractivity contribution in [3.8, 4) is 5.75 Å². The summed E-state index contributed by atoms with van der Waals surface area (Å²) in [6.45, 7) is 1.96. The number of aromatic nitrogens is 1. The minimum atomic E-state index is -0.168. The zero-order valence-corrected chi connectivity index (χ0v) is 22.0. The molecule has 1 N–H and O–H groups in total. The Balaban J connectivity index is 1.59. The molecule has 1 heterocycles. The largest absolute Gasteiger partial charge is 0.496 e. The van der Waals surface area contributed by atoms with Crippen molar-refractivity contribution in [3.05, 3.63) is 94.1 Å². The zero-order chi connectivity index (χ0) is 25.9. The molecule has 0 radical (unpaired) electrons. The number of carbonyl (C=O) groups is 2. The number of methoxy groups -OCH3 is 1. The van der Waals surface area contributed by atoms with Crippen LogP contribution in [0.25, 0.3) is 10.9 Å². The van der Waals surface area contributed by atoms with Gasteiger partial charge in [-0.1, -0.05) is 49.1 Å². The lowest BCUT2D eigenvalue weighted by molar-refractivity contribution is -0.118. The van der Waals surface area contributed by atoms with E-state index in [0.29, 0.717) is 21.9 Å². The second-order valence-corrected chi connectivity index (χ2v) is 10.1. The minimum Gasteiger partial charge on any atom is -0.496 e. The van der Waals surface area contributed by atoms with Crippen molar-refractivity contribution in [3.63, 3.8) is 0 Å². The quantitative estimate of drug-likeness (QED) is 0.264. The van der Waals surface area contributed by atoms with Gasteiger partial charge in [-0.15, -0.1) is 0 Å². The number of ether oxygens (including phenoxy) is 1. The molecule has 3 aromatic carbocycles. The highest BCUT2D eigenvalue weighted by Crippen LogP contribution is 2.36. The molecule has 1 amide bonds. The Morgan fingerprint density at radius 2 is 1.68 bits per heavy atom. The number of rotatable bonds is 7. The lowest BCUT2D eigenvalue weighted by atomic mass is 9.92. The number of halogens is 1. The third kappa shape index (κ3) is 5.01. The Bertz CT molecular complexity index is 1420. The van der Waals surface area contributed by atoms with Crippen LogP contribution in [0.2, 0.25) is 5.02 Å². The summed E-state index contributed by atoms with van der Waals surface area (Å²) < 4.78 is 5.64. The summed E-state index contributed by atoms with van der Waals surface area (Å²) in [6.07, 6.45) is 5.66. The first-order chi connectivity index (χ1) is 18.0. The van der Waals surface area contributed by atoms with Crippen LogP contribution in [0.3, 0.4) is 0 Å². The Morgan fingerprint density at radius 1 is 0.973 bits per heavy atom. The fourth-order valence-corrected chi connectivity index (χ4v) is 5.68. The van der Waals surface area contributed by atoms with Crippen LogP contribution in [-0.2, 0) is 11.2 Å². The van der Waals surface area contributed by atoms with Gasteiger partial charge in [-0.25, -0.2) is 0 Å². The van der Waals surface area contributed by atoms with Gasteiger partial charge < -0.3 is 14.6 Å². The first-order valence-corrected chi connectivity index (χ1v) is 13.2. The third-order valence-electron chi connectivity index (χ3n) is 7.37. The van der Waals surface area contributed by atoms with Gasteiger partial charge >= 0.3 is 0 Å². The van der Waals surface area contributed by atoms with Gasteiger partial charge in [0.15, 0.2) is 5.78 Å². The molecule has 37 heavy (non-hydrogen) atoms. The van der Waals surface area contributed by atoms with E-state index >= 15 is 0 Å². The highest BCUT2D eigenvalue weighted by Gasteiger charge is 2.29. The molecule has 0 bridgehead atoms. The van der Waals surface area contributed by atoms with Crippen LogP contribution in [0.15, 0.2) is 66.7 Å². The van der Waals surface area contributed by atoms with E-state index in [9.17, 15) is 9.59 Å². The fraction of sp³-hybridized carbons (Fsp3) is 0.290. The molecule has 190 valence electrons. The van der Waals surface area contributed by atoms with E-state index in [1.807, 2.05) is 48.2 Å². The number of nitrogens with one attached hydrogen (secondary N) is 1. The van der Waals surface area contributed by atoms with Gasteiger partial charge in [-0.3, -0.25) is 9.59 Å². The predicted molar refractivity (Wildman–Crippen MR) is 149 cm³/mol. The lowest BCUT2D eigenvalue weighted by Crippen LogP contribution is -2.42. The molecule has 0 aliphatic heterocycles. The van der Waals surface area contributed by atoms with Crippen LogP contribution in [-0.4, -0.2) is 29.8 Å². The van der Waals surface area contributed by atoms with Gasteiger partial charge in [-0.05, 0) is 73.9 Å². The number of H-pyrrole nitrogens is 1. The van der Waals surface area contributed by atoms with Gasteiger partial charge in [0.1, 0.15) is 5.75 Å². The molecule has 0 spiro atoms. The summed E-state index contributed by atoms with van der Waals surface area (Å²) in [6, 6.07) is 20.7. The number of benzene rings is 3. The van der Waals surface area contributed by atoms with E-state index in [4.69, 9.17) is 16.3 Å². The average molecular weight is 515 g/mol. The molecule has 1 aliphatic rings. The van der Waals surface area contributed by atoms with Crippen molar-refractivity contribution in [2.45, 2.75) is 51.5 Å². The number of amides is 1. The molecule has 0 atom stereocenters. The molecule has 1 fully saturated rings. The summed E-state index contributed by atoms with van der Waals surface area (Å²) in [4.78, 5) is 33.2. The second kappa shape index (κ2) is 10.8. The van der Waals surface area contributed by atoms with Crippen molar-refractivity contribution in [2.75, 3.05) is 12.0 Å². The van der Waals surface area contributed by atoms with Gasteiger partial charge in [-0.2, -0.15) is 0 Å². The summed E-state index contributed by atoms with van der Waals surface area (Å²) in [5.74, 6) is 0.348. The van der Waals surface area contributed by atoms with E-state index < -0.39 is 0 Å². The first-order valence-electron chi connectivity index (χ1n) is 12.8. The Morgan fingerprint density at radius 3 is 2.35 bits per heavy atom. The van der Waals surface area contributed by atoms with Crippen LogP contribution >= 0.6 is 11.6 Å². The maximum Gasteiger partial charge on any atom is 0.231 e. The van der Waals surface area contributed by atoms with Crippen molar-refractivity contribution in [2.24, 2.45) is 0 Å². The average Bonchev–Trinajstić information content (AvgIpc) is 3.24. The highest BCUT2D eigenvalue weighted by atomic mass is 35.5. The molecule has 5 rings (SSSR count). The standard InChI is InChI=1S/C31H31ClN2O3/c1-20-25(19-28(35)34(23-9-5-3-6-10-23)24-11-7-4-8-12-24)29-26(33-20)17-18-27(37-2)30(29)31(36)21-13-15-22(32)16-14-21/h3,5-6,9-10,13-18,24,33H,4,7-8,11-12,19H2,1-2H3. The topological polar surface area (TPSA) is 62.4 Å². The van der Waals surface area contributed by atoms with E-state index in [2.05, 4.69) is 4.98 Å². The fourth-order valence-electron chi connectivity index (χ4n) is 5.55. The summed E-state index contributed by atoms with van der Waals surface area (Å²) in [5, 5.41) is 1.30. The van der Waals surface area contributed by atoms with E-state index in [0.717, 1.165) is 53.5 Å². The van der Waals surface area contributed by atoms with Crippen LogP contribution in [0.4, 0.5) is 5.69 Å². The Hall–Kier alpha value is -3.57. The molecule has 1 aromatic heterocycles. The number of fused-ring (bicyclic) bond motifs is 1. The van der Waals surface area contributed by atoms with Gasteiger partial charge in [0.05, 0.1) is 19.1 Å². The number of ketones is 1. The van der Waals surface area contributed by atoms with Crippen LogP contribution in [0.5, 0.6) is 5.75 Å². The molecule has 0 saturated heterocycles. The van der Waals surface area contributed by atoms with Gasteiger partial charge in [0.2, 0.25) is 5.91 Å². The highest BCUT2D eigenvalue weighted by molar-refractivity contribution is 6.30. The summed E-state index contributed by atoms with van der Waals surface area (Å²) >= 11 is 6.06. The summed E-state index contributed by atoms with van der Waals surface area (Å²) in [5.41, 5.74) is 4.40. The first kappa shape index (κ1) is 25.1. The van der Waals surface area contributed by atoms with E-state index in [-0.39, 0.29) is 24.2 Å². The molecule has 5 nitrogen and oxygen atoms in total. The number of hydrogen-bond acceptors (Lipinski definition) is 3. The number of hydrogen-bond donors (Lipinski definition) is 1. The predicted octanol–water partition coefficient (Wildman–Crippen LogP) is 7.28. The van der Waals surface area contributed by atoms with E-state index in [1.165, 1.54) is 6.42 Å². The maximum atomic E-state index is 14.0. The monoisotopic (exact) mass is 514 g/mol. The molecule has 6 heteroatoms. The molecular formula is C31H31ClN2O3. The SMILES string of the molecule is COc1ccc2[nH]c(C)c(CC(=O)N(c3ccccc3)C3CCCCC3)c2c1C(=O)c1ccc(Cl)cc1. The Kier molecular flexibility index (Phi) is 7.33. The normalized spacial score (nSPS) is 14.0. The molecule has 0 unspecified atom stereocenters. The Labute approximate surface area is 222 Å². The number of para-hydroxylation sites is 1. The zero-order valence-electron chi connectivity index (χ0n) is 21.2. The number of aromatic amines is 1. The number of nitrogens with zero attached hydrogens (tertiary/aromatic N) is 1. The number of carbonyl (C=O) groups excluding carboxylic acids is 2. The van der Waals surface area contributed by atoms with Gasteiger partial charge in [0, 0.05) is 38.9 Å². The number of anilines is 1. The smallest absolute Gasteiger partial charge is 0.231 e. The van der Waals surface area contributed by atoms with Crippen LogP contribution in [0.1, 0.15) is 59.3 Å².